The molecule has 0 bridgehead atoms. The zero-order valence-electron chi connectivity index (χ0n) is 11.4. The van der Waals surface area contributed by atoms with Gasteiger partial charge in [-0.25, -0.2) is 0 Å². The molecular formula is C14H23NOY. The third-order valence-electron chi connectivity index (χ3n) is 3.08. The maximum atomic E-state index is 9.51. The molecule has 2 nitrogen and oxygen atoms in total. The summed E-state index contributed by atoms with van der Waals surface area (Å²) in [6, 6.07) is 7.66. The summed E-state index contributed by atoms with van der Waals surface area (Å²) < 4.78 is 0. The third-order valence-corrected chi connectivity index (χ3v) is 3.08. The van der Waals surface area contributed by atoms with Crippen molar-refractivity contribution in [2.24, 2.45) is 5.92 Å². The molecule has 0 aliphatic rings. The molecule has 3 heteroatoms. The van der Waals surface area contributed by atoms with Gasteiger partial charge in [-0.15, -0.1) is 0 Å². The number of phenolic OH excluding ortho intramolecular Hbond substituents is 1. The fourth-order valence-electron chi connectivity index (χ4n) is 2.43. The van der Waals surface area contributed by atoms with Crippen molar-refractivity contribution in [2.75, 3.05) is 20.6 Å². The summed E-state index contributed by atoms with van der Waals surface area (Å²) in [7, 11) is 4.21. The molecule has 0 aliphatic carbocycles. The molecule has 1 aromatic rings. The largest absolute Gasteiger partial charge is 0.508 e. The Morgan fingerprint density at radius 3 is 2.41 bits per heavy atom. The SMILES string of the molecule is CC[C@@H](c1cccc(O)c1)[C@@H](C)CN(C)C.[Y]. The molecule has 0 saturated carbocycles. The van der Waals surface area contributed by atoms with Crippen LogP contribution in [0.4, 0.5) is 0 Å². The first-order valence-corrected chi connectivity index (χ1v) is 5.98. The van der Waals surface area contributed by atoms with Gasteiger partial charge in [0.1, 0.15) is 5.75 Å². The van der Waals surface area contributed by atoms with E-state index in [-0.39, 0.29) is 32.7 Å². The van der Waals surface area contributed by atoms with Gasteiger partial charge in [-0.1, -0.05) is 26.0 Å². The first-order chi connectivity index (χ1) is 7.54. The summed E-state index contributed by atoms with van der Waals surface area (Å²) in [4.78, 5) is 2.22. The Hall–Kier alpha value is 0.0839. The Labute approximate surface area is 130 Å². The summed E-state index contributed by atoms with van der Waals surface area (Å²) in [6.07, 6.45) is 1.11. The fraction of sp³-hybridized carbons (Fsp3) is 0.571. The number of benzene rings is 1. The normalized spacial score (nSPS) is 14.2. The summed E-state index contributed by atoms with van der Waals surface area (Å²) in [5, 5.41) is 9.51. The van der Waals surface area contributed by atoms with Gasteiger partial charge in [0.2, 0.25) is 0 Å². The van der Waals surface area contributed by atoms with Gasteiger partial charge in [0.05, 0.1) is 0 Å². The van der Waals surface area contributed by atoms with Crippen molar-refractivity contribution in [1.82, 2.24) is 4.90 Å². The van der Waals surface area contributed by atoms with Gasteiger partial charge in [-0.2, -0.15) is 0 Å². The third kappa shape index (κ3) is 5.50. The zero-order chi connectivity index (χ0) is 12.1. The molecule has 0 fully saturated rings. The van der Waals surface area contributed by atoms with E-state index in [0.717, 1.165) is 13.0 Å². The molecule has 93 valence electrons. The number of phenols is 1. The van der Waals surface area contributed by atoms with Crippen LogP contribution in [0.5, 0.6) is 5.75 Å². The molecule has 1 rings (SSSR count). The maximum absolute atomic E-state index is 9.51. The van der Waals surface area contributed by atoms with Gasteiger partial charge in [0, 0.05) is 39.3 Å². The molecule has 17 heavy (non-hydrogen) atoms. The van der Waals surface area contributed by atoms with Crippen molar-refractivity contribution < 1.29 is 37.8 Å². The van der Waals surface area contributed by atoms with E-state index in [9.17, 15) is 5.11 Å². The number of nitrogens with zero attached hydrogens (tertiary/aromatic N) is 1. The Morgan fingerprint density at radius 2 is 1.94 bits per heavy atom. The van der Waals surface area contributed by atoms with Gasteiger partial charge >= 0.3 is 0 Å². The molecule has 0 unspecified atom stereocenters. The summed E-state index contributed by atoms with van der Waals surface area (Å²) in [5.74, 6) is 1.49. The van der Waals surface area contributed by atoms with Crippen LogP contribution in [0.25, 0.3) is 0 Å². The standard InChI is InChI=1S/C14H23NO.Y/c1-5-14(11(2)10-15(3)4)12-7-6-8-13(16)9-12;/h6-9,11,14,16H,5,10H2,1-4H3;/t11-,14+;/m0./s1. The van der Waals surface area contributed by atoms with Crippen LogP contribution in [0.1, 0.15) is 31.7 Å². The van der Waals surface area contributed by atoms with E-state index in [4.69, 9.17) is 0 Å². The quantitative estimate of drug-likeness (QED) is 0.903. The zero-order valence-corrected chi connectivity index (χ0v) is 14.2. The van der Waals surface area contributed by atoms with Crippen molar-refractivity contribution >= 4 is 0 Å². The summed E-state index contributed by atoms with van der Waals surface area (Å²) >= 11 is 0. The molecule has 0 aromatic heterocycles. The molecule has 0 spiro atoms. The van der Waals surface area contributed by atoms with Crippen LogP contribution in [0.3, 0.4) is 0 Å². The molecule has 0 aliphatic heterocycles. The van der Waals surface area contributed by atoms with Crippen LogP contribution in [-0.4, -0.2) is 30.6 Å². The van der Waals surface area contributed by atoms with Gasteiger partial charge in [0.15, 0.2) is 0 Å². The second-order valence-electron chi connectivity index (χ2n) is 4.85. The van der Waals surface area contributed by atoms with Gasteiger partial charge < -0.3 is 10.0 Å². The first kappa shape index (κ1) is 17.1. The molecule has 2 atom stereocenters. The minimum Gasteiger partial charge on any atom is -0.508 e. The van der Waals surface area contributed by atoms with Gasteiger partial charge in [-0.05, 0) is 50.0 Å². The minimum absolute atomic E-state index is 0. The van der Waals surface area contributed by atoms with Gasteiger partial charge in [0.25, 0.3) is 0 Å². The Morgan fingerprint density at radius 1 is 1.29 bits per heavy atom. The maximum Gasteiger partial charge on any atom is 0.115 e. The van der Waals surface area contributed by atoms with Crippen LogP contribution in [0.15, 0.2) is 24.3 Å². The number of aromatic hydroxyl groups is 1. The van der Waals surface area contributed by atoms with Crippen LogP contribution >= 0.6 is 0 Å². The smallest absolute Gasteiger partial charge is 0.115 e. The molecule has 0 saturated heterocycles. The van der Waals surface area contributed by atoms with Crippen molar-refractivity contribution in [2.45, 2.75) is 26.2 Å². The number of hydrogen-bond donors (Lipinski definition) is 1. The number of rotatable bonds is 5. The summed E-state index contributed by atoms with van der Waals surface area (Å²) in [6.45, 7) is 5.56. The molecule has 0 heterocycles. The van der Waals surface area contributed by atoms with Crippen molar-refractivity contribution in [3.05, 3.63) is 29.8 Å². The van der Waals surface area contributed by atoms with Crippen molar-refractivity contribution in [1.29, 1.82) is 0 Å². The molecule has 1 aromatic carbocycles. The predicted octanol–water partition coefficient (Wildman–Crippen LogP) is 3.08. The topological polar surface area (TPSA) is 23.5 Å². The Bertz CT molecular complexity index is 328. The van der Waals surface area contributed by atoms with Crippen LogP contribution in [0.2, 0.25) is 0 Å². The van der Waals surface area contributed by atoms with Gasteiger partial charge in [-0.3, -0.25) is 0 Å². The van der Waals surface area contributed by atoms with Crippen molar-refractivity contribution in [3.63, 3.8) is 0 Å². The average Bonchev–Trinajstić information content (AvgIpc) is 2.17. The minimum atomic E-state index is 0. The molecule has 1 N–H and O–H groups in total. The number of hydrogen-bond acceptors (Lipinski definition) is 2. The van der Waals surface area contributed by atoms with Crippen molar-refractivity contribution in [3.8, 4) is 5.75 Å². The monoisotopic (exact) mass is 310 g/mol. The van der Waals surface area contributed by atoms with Crippen LogP contribution in [0, 0.1) is 5.92 Å². The second kappa shape index (κ2) is 8.23. The first-order valence-electron chi connectivity index (χ1n) is 5.98. The molecular weight excluding hydrogens is 287 g/mol. The van der Waals surface area contributed by atoms with E-state index in [1.807, 2.05) is 12.1 Å². The average molecular weight is 310 g/mol. The fourth-order valence-corrected chi connectivity index (χ4v) is 2.43. The Balaban J connectivity index is 0.00000256. The van der Waals surface area contributed by atoms with E-state index in [2.05, 4.69) is 38.9 Å². The van der Waals surface area contributed by atoms with E-state index in [0.29, 0.717) is 17.6 Å². The van der Waals surface area contributed by atoms with E-state index < -0.39 is 0 Å². The molecule has 1 radical (unpaired) electrons. The summed E-state index contributed by atoms with van der Waals surface area (Å²) in [5.41, 5.74) is 1.25. The van der Waals surface area contributed by atoms with E-state index in [1.54, 1.807) is 6.07 Å². The second-order valence-corrected chi connectivity index (χ2v) is 4.85. The van der Waals surface area contributed by atoms with Crippen LogP contribution in [-0.2, 0) is 32.7 Å². The molecule has 0 amide bonds. The van der Waals surface area contributed by atoms with E-state index >= 15 is 0 Å². The van der Waals surface area contributed by atoms with Crippen LogP contribution < -0.4 is 0 Å². The van der Waals surface area contributed by atoms with E-state index in [1.165, 1.54) is 5.56 Å². The Kier molecular flexibility index (Phi) is 8.27. The predicted molar refractivity (Wildman–Crippen MR) is 68.9 cm³/mol.